The van der Waals surface area contributed by atoms with E-state index in [0.717, 1.165) is 38.1 Å². The number of nitrogens with one attached hydrogen (secondary N) is 1. The Kier molecular flexibility index (Phi) is 6.83. The number of rotatable bonds is 6. The van der Waals surface area contributed by atoms with Crippen molar-refractivity contribution in [3.8, 4) is 5.75 Å². The first-order chi connectivity index (χ1) is 13.8. The van der Waals surface area contributed by atoms with Crippen molar-refractivity contribution in [2.45, 2.75) is 57.9 Å². The topological polar surface area (TPSA) is 41.6 Å². The van der Waals surface area contributed by atoms with Gasteiger partial charge in [0.05, 0.1) is 7.11 Å². The van der Waals surface area contributed by atoms with Crippen molar-refractivity contribution in [2.75, 3.05) is 25.1 Å². The largest absolute Gasteiger partial charge is 0.497 e. The minimum absolute atomic E-state index is 0.160. The minimum atomic E-state index is 0.160. The number of carbonyl (C=O) groups is 1. The number of hydrogen-bond donors (Lipinski definition) is 1. The zero-order valence-corrected chi connectivity index (χ0v) is 18.2. The highest BCUT2D eigenvalue weighted by Gasteiger charge is 2.21. The van der Waals surface area contributed by atoms with E-state index in [1.165, 1.54) is 16.8 Å². The predicted molar refractivity (Wildman–Crippen MR) is 120 cm³/mol. The Morgan fingerprint density at radius 1 is 1.03 bits per heavy atom. The molecule has 1 aliphatic heterocycles. The average molecular weight is 395 g/mol. The van der Waals surface area contributed by atoms with Gasteiger partial charge in [-0.1, -0.05) is 45.0 Å². The van der Waals surface area contributed by atoms with Crippen molar-refractivity contribution in [2.24, 2.45) is 0 Å². The maximum atomic E-state index is 12.4. The number of hydrogen-bond acceptors (Lipinski definition) is 3. The lowest BCUT2D eigenvalue weighted by Gasteiger charge is -2.34. The second-order valence-corrected chi connectivity index (χ2v) is 8.97. The third-order valence-corrected chi connectivity index (χ3v) is 5.76. The SMILES string of the molecule is COc1ccc(N2CCC(NC(=O)CCc3ccc(C(C)(C)C)cc3)CC2)cc1. The van der Waals surface area contributed by atoms with E-state index in [-0.39, 0.29) is 17.4 Å². The van der Waals surface area contributed by atoms with Crippen molar-refractivity contribution in [3.63, 3.8) is 0 Å². The Balaban J connectivity index is 1.41. The third-order valence-electron chi connectivity index (χ3n) is 5.76. The molecule has 1 N–H and O–H groups in total. The Hall–Kier alpha value is -2.49. The maximum absolute atomic E-state index is 12.4. The van der Waals surface area contributed by atoms with E-state index in [1.807, 2.05) is 12.1 Å². The van der Waals surface area contributed by atoms with Gasteiger partial charge in [-0.15, -0.1) is 0 Å². The molecule has 2 aromatic carbocycles. The van der Waals surface area contributed by atoms with Crippen LogP contribution >= 0.6 is 0 Å². The summed E-state index contributed by atoms with van der Waals surface area (Å²) in [5.74, 6) is 1.04. The van der Waals surface area contributed by atoms with Crippen LogP contribution in [0.5, 0.6) is 5.75 Å². The number of benzene rings is 2. The monoisotopic (exact) mass is 394 g/mol. The molecule has 156 valence electrons. The molecule has 1 aliphatic rings. The number of aryl methyl sites for hydroxylation is 1. The summed E-state index contributed by atoms with van der Waals surface area (Å²) in [4.78, 5) is 14.8. The van der Waals surface area contributed by atoms with Crippen molar-refractivity contribution >= 4 is 11.6 Å². The van der Waals surface area contributed by atoms with Crippen molar-refractivity contribution in [1.29, 1.82) is 0 Å². The lowest BCUT2D eigenvalue weighted by Crippen LogP contribution is -2.44. The highest BCUT2D eigenvalue weighted by molar-refractivity contribution is 5.76. The summed E-state index contributed by atoms with van der Waals surface area (Å²) in [5, 5.41) is 3.23. The number of anilines is 1. The molecular formula is C25H34N2O2. The van der Waals surface area contributed by atoms with Gasteiger partial charge in [0.2, 0.25) is 5.91 Å². The number of ether oxygens (including phenoxy) is 1. The van der Waals surface area contributed by atoms with Crippen LogP contribution in [0, 0.1) is 0 Å². The predicted octanol–water partition coefficient (Wildman–Crippen LogP) is 4.71. The van der Waals surface area contributed by atoms with Crippen LogP contribution in [0.4, 0.5) is 5.69 Å². The number of methoxy groups -OCH3 is 1. The summed E-state index contributed by atoms with van der Waals surface area (Å²) < 4.78 is 5.23. The van der Waals surface area contributed by atoms with Gasteiger partial charge in [-0.3, -0.25) is 4.79 Å². The molecule has 0 atom stereocenters. The Bertz CT molecular complexity index is 783. The molecule has 1 fully saturated rings. The van der Waals surface area contributed by atoms with Crippen LogP contribution in [-0.2, 0) is 16.6 Å². The van der Waals surface area contributed by atoms with Crippen LogP contribution in [0.25, 0.3) is 0 Å². The fourth-order valence-electron chi connectivity index (χ4n) is 3.80. The lowest BCUT2D eigenvalue weighted by atomic mass is 9.86. The number of amides is 1. The summed E-state index contributed by atoms with van der Waals surface area (Å²) in [5.41, 5.74) is 3.93. The van der Waals surface area contributed by atoms with E-state index in [2.05, 4.69) is 67.4 Å². The van der Waals surface area contributed by atoms with Gasteiger partial charge in [0.15, 0.2) is 0 Å². The van der Waals surface area contributed by atoms with Crippen molar-refractivity contribution in [1.82, 2.24) is 5.32 Å². The van der Waals surface area contributed by atoms with Crippen LogP contribution in [0.1, 0.15) is 51.2 Å². The van der Waals surface area contributed by atoms with E-state index >= 15 is 0 Å². The fraction of sp³-hybridized carbons (Fsp3) is 0.480. The summed E-state index contributed by atoms with van der Waals surface area (Å²) in [6.07, 6.45) is 3.31. The summed E-state index contributed by atoms with van der Waals surface area (Å²) in [6.45, 7) is 8.58. The van der Waals surface area contributed by atoms with Gasteiger partial charge in [0, 0.05) is 31.2 Å². The molecule has 3 rings (SSSR count). The second kappa shape index (κ2) is 9.34. The highest BCUT2D eigenvalue weighted by atomic mass is 16.5. The maximum Gasteiger partial charge on any atom is 0.220 e. The second-order valence-electron chi connectivity index (χ2n) is 8.97. The summed E-state index contributed by atoms with van der Waals surface area (Å²) in [7, 11) is 1.68. The molecule has 0 radical (unpaired) electrons. The number of nitrogens with zero attached hydrogens (tertiary/aromatic N) is 1. The molecule has 0 aromatic heterocycles. The van der Waals surface area contributed by atoms with Gasteiger partial charge in [-0.2, -0.15) is 0 Å². The van der Waals surface area contributed by atoms with Gasteiger partial charge in [0.1, 0.15) is 5.75 Å². The van der Waals surface area contributed by atoms with Gasteiger partial charge in [-0.05, 0) is 60.1 Å². The van der Waals surface area contributed by atoms with Gasteiger partial charge < -0.3 is 15.0 Å². The number of carbonyl (C=O) groups excluding carboxylic acids is 1. The first kappa shape index (κ1) is 21.2. The smallest absolute Gasteiger partial charge is 0.220 e. The standard InChI is InChI=1S/C25H34N2O2/c1-25(2,3)20-8-5-19(6-9-20)7-14-24(28)26-21-15-17-27(18-16-21)22-10-12-23(29-4)13-11-22/h5-6,8-13,21H,7,14-18H2,1-4H3,(H,26,28). The molecule has 0 spiro atoms. The van der Waals surface area contributed by atoms with Gasteiger partial charge >= 0.3 is 0 Å². The van der Waals surface area contributed by atoms with E-state index in [0.29, 0.717) is 6.42 Å². The van der Waals surface area contributed by atoms with Gasteiger partial charge in [-0.25, -0.2) is 0 Å². The summed E-state index contributed by atoms with van der Waals surface area (Å²) in [6, 6.07) is 17.1. The van der Waals surface area contributed by atoms with Crippen LogP contribution in [-0.4, -0.2) is 32.1 Å². The molecule has 0 bridgehead atoms. The molecule has 1 heterocycles. The van der Waals surface area contributed by atoms with Crippen LogP contribution in [0.3, 0.4) is 0 Å². The zero-order chi connectivity index (χ0) is 20.9. The molecule has 1 saturated heterocycles. The molecule has 0 unspecified atom stereocenters. The summed E-state index contributed by atoms with van der Waals surface area (Å²) >= 11 is 0. The van der Waals surface area contributed by atoms with E-state index in [1.54, 1.807) is 7.11 Å². The first-order valence-corrected chi connectivity index (χ1v) is 10.6. The fourth-order valence-corrected chi connectivity index (χ4v) is 3.80. The molecule has 2 aromatic rings. The number of piperidine rings is 1. The molecule has 0 saturated carbocycles. The molecule has 4 nitrogen and oxygen atoms in total. The Morgan fingerprint density at radius 3 is 2.21 bits per heavy atom. The van der Waals surface area contributed by atoms with E-state index < -0.39 is 0 Å². The molecule has 29 heavy (non-hydrogen) atoms. The van der Waals surface area contributed by atoms with E-state index in [9.17, 15) is 4.79 Å². The highest BCUT2D eigenvalue weighted by Crippen LogP contribution is 2.24. The lowest BCUT2D eigenvalue weighted by molar-refractivity contribution is -0.121. The molecular weight excluding hydrogens is 360 g/mol. The van der Waals surface area contributed by atoms with Crippen LogP contribution in [0.15, 0.2) is 48.5 Å². The van der Waals surface area contributed by atoms with E-state index in [4.69, 9.17) is 4.74 Å². The quantitative estimate of drug-likeness (QED) is 0.771. The Labute approximate surface area is 175 Å². The third kappa shape index (κ3) is 5.99. The average Bonchev–Trinajstić information content (AvgIpc) is 2.72. The van der Waals surface area contributed by atoms with Crippen molar-refractivity contribution in [3.05, 3.63) is 59.7 Å². The van der Waals surface area contributed by atoms with Crippen LogP contribution < -0.4 is 15.0 Å². The van der Waals surface area contributed by atoms with Crippen LogP contribution in [0.2, 0.25) is 0 Å². The first-order valence-electron chi connectivity index (χ1n) is 10.6. The molecule has 1 amide bonds. The van der Waals surface area contributed by atoms with Gasteiger partial charge in [0.25, 0.3) is 0 Å². The van der Waals surface area contributed by atoms with Crippen molar-refractivity contribution < 1.29 is 9.53 Å². The zero-order valence-electron chi connectivity index (χ0n) is 18.2. The Morgan fingerprint density at radius 2 is 1.66 bits per heavy atom. The minimum Gasteiger partial charge on any atom is -0.497 e. The normalized spacial score (nSPS) is 15.2. The molecule has 0 aliphatic carbocycles. The molecule has 4 heteroatoms.